The van der Waals surface area contributed by atoms with Gasteiger partial charge >= 0.3 is 0 Å². The van der Waals surface area contributed by atoms with Crippen molar-refractivity contribution in [1.29, 1.82) is 0 Å². The molecule has 116 valence electrons. The van der Waals surface area contributed by atoms with Crippen molar-refractivity contribution < 1.29 is 14.2 Å². The monoisotopic (exact) mass is 311 g/mol. The topological polar surface area (TPSA) is 39.7 Å². The van der Waals surface area contributed by atoms with E-state index in [1.54, 1.807) is 0 Å². The van der Waals surface area contributed by atoms with E-state index in [-0.39, 0.29) is 6.10 Å². The highest BCUT2D eigenvalue weighted by atomic mass is 35.5. The van der Waals surface area contributed by atoms with Crippen molar-refractivity contribution in [2.45, 2.75) is 44.1 Å². The predicted octanol–water partition coefficient (Wildman–Crippen LogP) is 2.91. The van der Waals surface area contributed by atoms with Crippen LogP contribution in [-0.4, -0.2) is 38.2 Å². The highest BCUT2D eigenvalue weighted by molar-refractivity contribution is 6.30. The molecular weight excluding hydrogens is 290 g/mol. The van der Waals surface area contributed by atoms with Gasteiger partial charge in [-0.15, -0.1) is 0 Å². The fraction of sp³-hybridized carbons (Fsp3) is 0.625. The molecule has 1 aromatic rings. The summed E-state index contributed by atoms with van der Waals surface area (Å²) in [6.07, 6.45) is 2.64. The van der Waals surface area contributed by atoms with Gasteiger partial charge in [-0.3, -0.25) is 0 Å². The zero-order valence-corrected chi connectivity index (χ0v) is 13.3. The standard InChI is InChI=1S/C16H22ClNO3/c1-11-3-4-12(17)9-14(11)21-15-10-16(19-7-8-20-16)6-5-13(15)18-2/h3-4,9,13,15,18H,5-8,10H2,1-2H3. The molecule has 1 heterocycles. The fourth-order valence-corrected chi connectivity index (χ4v) is 3.35. The van der Waals surface area contributed by atoms with Crippen molar-refractivity contribution in [3.63, 3.8) is 0 Å². The molecule has 3 rings (SSSR count). The van der Waals surface area contributed by atoms with E-state index < -0.39 is 5.79 Å². The first-order valence-corrected chi connectivity index (χ1v) is 7.88. The first-order chi connectivity index (χ1) is 10.1. The Hall–Kier alpha value is -0.810. The van der Waals surface area contributed by atoms with Gasteiger partial charge in [0.1, 0.15) is 11.9 Å². The van der Waals surface area contributed by atoms with Crippen LogP contribution in [0.4, 0.5) is 0 Å². The van der Waals surface area contributed by atoms with Crippen LogP contribution in [0.5, 0.6) is 5.75 Å². The number of rotatable bonds is 3. The van der Waals surface area contributed by atoms with Gasteiger partial charge in [0.2, 0.25) is 0 Å². The zero-order valence-electron chi connectivity index (χ0n) is 12.5. The number of hydrogen-bond donors (Lipinski definition) is 1. The molecule has 0 aromatic heterocycles. The molecule has 1 saturated heterocycles. The van der Waals surface area contributed by atoms with Gasteiger partial charge in [-0.2, -0.15) is 0 Å². The van der Waals surface area contributed by atoms with E-state index in [2.05, 4.69) is 5.32 Å². The van der Waals surface area contributed by atoms with E-state index in [0.29, 0.717) is 24.3 Å². The largest absolute Gasteiger partial charge is 0.488 e. The Labute approximate surface area is 130 Å². The van der Waals surface area contributed by atoms with Gasteiger partial charge in [0, 0.05) is 23.9 Å². The van der Waals surface area contributed by atoms with E-state index in [0.717, 1.165) is 30.6 Å². The maximum Gasteiger partial charge on any atom is 0.172 e. The van der Waals surface area contributed by atoms with Crippen LogP contribution in [0.15, 0.2) is 18.2 Å². The quantitative estimate of drug-likeness (QED) is 0.931. The summed E-state index contributed by atoms with van der Waals surface area (Å²) in [6.45, 7) is 3.38. The SMILES string of the molecule is CNC1CCC2(CC1Oc1cc(Cl)ccc1C)OCCO2. The van der Waals surface area contributed by atoms with Crippen LogP contribution in [0.3, 0.4) is 0 Å². The van der Waals surface area contributed by atoms with Crippen molar-refractivity contribution >= 4 is 11.6 Å². The van der Waals surface area contributed by atoms with Crippen LogP contribution >= 0.6 is 11.6 Å². The summed E-state index contributed by atoms with van der Waals surface area (Å²) >= 11 is 6.08. The number of aryl methyl sites for hydroxylation is 1. The van der Waals surface area contributed by atoms with Gasteiger partial charge in [-0.05, 0) is 38.1 Å². The molecule has 1 aromatic carbocycles. The second-order valence-corrected chi connectivity index (χ2v) is 6.25. The molecule has 2 fully saturated rings. The third kappa shape index (κ3) is 3.19. The van der Waals surface area contributed by atoms with E-state index >= 15 is 0 Å². The lowest BCUT2D eigenvalue weighted by atomic mass is 9.87. The molecule has 0 radical (unpaired) electrons. The Morgan fingerprint density at radius 2 is 2.10 bits per heavy atom. The molecule has 1 N–H and O–H groups in total. The molecule has 2 atom stereocenters. The number of hydrogen-bond acceptors (Lipinski definition) is 4. The summed E-state index contributed by atoms with van der Waals surface area (Å²) < 4.78 is 17.9. The van der Waals surface area contributed by atoms with Crippen LogP contribution in [0.1, 0.15) is 24.8 Å². The Kier molecular flexibility index (Phi) is 4.41. The maximum atomic E-state index is 6.25. The maximum absolute atomic E-state index is 6.25. The first kappa shape index (κ1) is 15.1. The van der Waals surface area contributed by atoms with Crippen molar-refractivity contribution in [2.24, 2.45) is 0 Å². The summed E-state index contributed by atoms with van der Waals surface area (Å²) in [5.41, 5.74) is 1.09. The molecular formula is C16H22ClNO3. The Balaban J connectivity index is 1.78. The average molecular weight is 312 g/mol. The summed E-state index contributed by atoms with van der Waals surface area (Å²) in [6, 6.07) is 6.03. The molecule has 1 saturated carbocycles. The van der Waals surface area contributed by atoms with Crippen molar-refractivity contribution in [3.8, 4) is 5.75 Å². The second-order valence-electron chi connectivity index (χ2n) is 5.81. The minimum Gasteiger partial charge on any atom is -0.488 e. The number of nitrogens with one attached hydrogen (secondary N) is 1. The van der Waals surface area contributed by atoms with Crippen LogP contribution in [0.2, 0.25) is 5.02 Å². The Morgan fingerprint density at radius 3 is 2.81 bits per heavy atom. The van der Waals surface area contributed by atoms with Gasteiger partial charge in [0.15, 0.2) is 5.79 Å². The highest BCUT2D eigenvalue weighted by Gasteiger charge is 2.45. The van der Waals surface area contributed by atoms with E-state index in [4.69, 9.17) is 25.8 Å². The first-order valence-electron chi connectivity index (χ1n) is 7.50. The minimum atomic E-state index is -0.454. The van der Waals surface area contributed by atoms with Gasteiger partial charge < -0.3 is 19.5 Å². The molecule has 2 aliphatic rings. The number of benzene rings is 1. The lowest BCUT2D eigenvalue weighted by Gasteiger charge is -2.41. The van der Waals surface area contributed by atoms with Gasteiger partial charge in [-0.25, -0.2) is 0 Å². The van der Waals surface area contributed by atoms with Crippen LogP contribution in [0, 0.1) is 6.92 Å². The molecule has 0 amide bonds. The molecule has 4 nitrogen and oxygen atoms in total. The summed E-state index contributed by atoms with van der Waals surface area (Å²) in [7, 11) is 1.97. The number of likely N-dealkylation sites (N-methyl/N-ethyl adjacent to an activating group) is 1. The molecule has 1 aliphatic carbocycles. The lowest BCUT2D eigenvalue weighted by Crippen LogP contribution is -2.52. The predicted molar refractivity (Wildman–Crippen MR) is 81.9 cm³/mol. The molecule has 1 aliphatic heterocycles. The van der Waals surface area contributed by atoms with Crippen LogP contribution in [-0.2, 0) is 9.47 Å². The normalized spacial score (nSPS) is 28.0. The zero-order chi connectivity index (χ0) is 14.9. The van der Waals surface area contributed by atoms with Crippen molar-refractivity contribution in [3.05, 3.63) is 28.8 Å². The smallest absolute Gasteiger partial charge is 0.172 e. The van der Waals surface area contributed by atoms with Crippen molar-refractivity contribution in [1.82, 2.24) is 5.32 Å². The van der Waals surface area contributed by atoms with E-state index in [1.807, 2.05) is 32.2 Å². The van der Waals surface area contributed by atoms with E-state index in [1.165, 1.54) is 0 Å². The van der Waals surface area contributed by atoms with Gasteiger partial charge in [-0.1, -0.05) is 17.7 Å². The van der Waals surface area contributed by atoms with Crippen molar-refractivity contribution in [2.75, 3.05) is 20.3 Å². The third-order valence-corrected chi connectivity index (χ3v) is 4.65. The minimum absolute atomic E-state index is 0.0130. The summed E-state index contributed by atoms with van der Waals surface area (Å²) in [5, 5.41) is 4.04. The van der Waals surface area contributed by atoms with E-state index in [9.17, 15) is 0 Å². The second kappa shape index (κ2) is 6.13. The highest BCUT2D eigenvalue weighted by Crippen LogP contribution is 2.38. The average Bonchev–Trinajstić information content (AvgIpc) is 2.91. The molecule has 5 heteroatoms. The molecule has 1 spiro atoms. The fourth-order valence-electron chi connectivity index (χ4n) is 3.19. The Bertz CT molecular complexity index is 502. The molecule has 0 bridgehead atoms. The lowest BCUT2D eigenvalue weighted by molar-refractivity contribution is -0.196. The van der Waals surface area contributed by atoms with Gasteiger partial charge in [0.25, 0.3) is 0 Å². The number of ether oxygens (including phenoxy) is 3. The van der Waals surface area contributed by atoms with Crippen LogP contribution < -0.4 is 10.1 Å². The Morgan fingerprint density at radius 1 is 1.33 bits per heavy atom. The summed E-state index contributed by atoms with van der Waals surface area (Å²) in [4.78, 5) is 0. The molecule has 2 unspecified atom stereocenters. The third-order valence-electron chi connectivity index (χ3n) is 4.41. The van der Waals surface area contributed by atoms with Gasteiger partial charge in [0.05, 0.1) is 13.2 Å². The number of halogens is 1. The summed E-state index contributed by atoms with van der Waals surface area (Å²) in [5.74, 6) is 0.382. The molecule has 21 heavy (non-hydrogen) atoms. The van der Waals surface area contributed by atoms with Crippen LogP contribution in [0.25, 0.3) is 0 Å².